The molecule has 1 amide bonds. The van der Waals surface area contributed by atoms with Crippen LogP contribution >= 0.6 is 0 Å². The van der Waals surface area contributed by atoms with Crippen molar-refractivity contribution in [3.05, 3.63) is 60.7 Å². The molecular formula is C14H11N5O. The minimum Gasteiger partial charge on any atom is -0.320 e. The Morgan fingerprint density at radius 3 is 2.80 bits per heavy atom. The summed E-state index contributed by atoms with van der Waals surface area (Å²) in [7, 11) is 0. The van der Waals surface area contributed by atoms with Gasteiger partial charge in [-0.1, -0.05) is 6.07 Å². The summed E-state index contributed by atoms with van der Waals surface area (Å²) in [5, 5.41) is 9.48. The molecule has 3 heterocycles. The zero-order valence-corrected chi connectivity index (χ0v) is 10.4. The van der Waals surface area contributed by atoms with Gasteiger partial charge in [0.25, 0.3) is 5.91 Å². The van der Waals surface area contributed by atoms with E-state index in [2.05, 4.69) is 25.5 Å². The second-order valence-electron chi connectivity index (χ2n) is 4.07. The van der Waals surface area contributed by atoms with E-state index < -0.39 is 0 Å². The summed E-state index contributed by atoms with van der Waals surface area (Å²) in [6.45, 7) is 0. The number of anilines is 1. The lowest BCUT2D eigenvalue weighted by atomic mass is 10.1. The molecule has 6 nitrogen and oxygen atoms in total. The standard InChI is InChI=1S/C14H11N5O/c20-14(18-10-4-3-6-15-8-10)11-9-17-19-13(11)12-5-1-2-7-16-12/h1-9H,(H,17,19)(H,18,20). The van der Waals surface area contributed by atoms with Gasteiger partial charge in [-0.05, 0) is 24.3 Å². The van der Waals surface area contributed by atoms with E-state index in [9.17, 15) is 4.79 Å². The second-order valence-corrected chi connectivity index (χ2v) is 4.07. The van der Waals surface area contributed by atoms with Gasteiger partial charge in [0.05, 0.1) is 35.0 Å². The number of carbonyl (C=O) groups is 1. The topological polar surface area (TPSA) is 83.6 Å². The molecule has 0 saturated carbocycles. The maximum Gasteiger partial charge on any atom is 0.259 e. The highest BCUT2D eigenvalue weighted by molar-refractivity contribution is 6.07. The first-order valence-electron chi connectivity index (χ1n) is 6.01. The first kappa shape index (κ1) is 12.0. The Morgan fingerprint density at radius 1 is 1.10 bits per heavy atom. The number of hydrogen-bond donors (Lipinski definition) is 2. The summed E-state index contributed by atoms with van der Waals surface area (Å²) < 4.78 is 0. The van der Waals surface area contributed by atoms with Crippen molar-refractivity contribution in [2.45, 2.75) is 0 Å². The average Bonchev–Trinajstić information content (AvgIpc) is 2.99. The summed E-state index contributed by atoms with van der Waals surface area (Å²) in [6.07, 6.45) is 6.37. The molecule has 3 aromatic rings. The number of amides is 1. The summed E-state index contributed by atoms with van der Waals surface area (Å²) in [6, 6.07) is 9.01. The fourth-order valence-corrected chi connectivity index (χ4v) is 1.80. The van der Waals surface area contributed by atoms with E-state index in [1.165, 1.54) is 6.20 Å². The van der Waals surface area contributed by atoms with Crippen LogP contribution in [0.3, 0.4) is 0 Å². The maximum absolute atomic E-state index is 12.2. The Balaban J connectivity index is 1.88. The van der Waals surface area contributed by atoms with E-state index in [1.54, 1.807) is 30.7 Å². The van der Waals surface area contributed by atoms with Crippen LogP contribution < -0.4 is 5.32 Å². The Hall–Kier alpha value is -3.02. The first-order valence-corrected chi connectivity index (χ1v) is 6.01. The van der Waals surface area contributed by atoms with Crippen molar-refractivity contribution in [2.75, 3.05) is 5.32 Å². The second kappa shape index (κ2) is 5.31. The highest BCUT2D eigenvalue weighted by Crippen LogP contribution is 2.19. The predicted molar refractivity (Wildman–Crippen MR) is 74.0 cm³/mol. The molecule has 6 heteroatoms. The van der Waals surface area contributed by atoms with Crippen molar-refractivity contribution in [1.82, 2.24) is 20.2 Å². The number of carbonyl (C=O) groups excluding carboxylic acids is 1. The Labute approximate surface area is 114 Å². The van der Waals surface area contributed by atoms with E-state index in [4.69, 9.17) is 0 Å². The van der Waals surface area contributed by atoms with Gasteiger partial charge in [-0.15, -0.1) is 0 Å². The average molecular weight is 265 g/mol. The zero-order chi connectivity index (χ0) is 13.8. The van der Waals surface area contributed by atoms with Gasteiger partial charge in [0.2, 0.25) is 0 Å². The third-order valence-corrected chi connectivity index (χ3v) is 2.72. The van der Waals surface area contributed by atoms with Gasteiger partial charge in [-0.3, -0.25) is 19.9 Å². The lowest BCUT2D eigenvalue weighted by Gasteiger charge is -2.04. The number of nitrogens with one attached hydrogen (secondary N) is 2. The van der Waals surface area contributed by atoms with E-state index in [0.29, 0.717) is 22.6 Å². The summed E-state index contributed by atoms with van der Waals surface area (Å²) in [5.74, 6) is -0.257. The minimum atomic E-state index is -0.257. The molecule has 0 aliphatic rings. The summed E-state index contributed by atoms with van der Waals surface area (Å²) in [5.41, 5.74) is 2.33. The third-order valence-electron chi connectivity index (χ3n) is 2.72. The number of aromatic amines is 1. The smallest absolute Gasteiger partial charge is 0.259 e. The highest BCUT2D eigenvalue weighted by atomic mass is 16.1. The van der Waals surface area contributed by atoms with Gasteiger partial charge in [-0.2, -0.15) is 5.10 Å². The van der Waals surface area contributed by atoms with Crippen LogP contribution in [0.25, 0.3) is 11.4 Å². The number of nitrogens with zero attached hydrogens (tertiary/aromatic N) is 3. The third kappa shape index (κ3) is 2.39. The molecule has 0 atom stereocenters. The van der Waals surface area contributed by atoms with Crippen LogP contribution in [0.2, 0.25) is 0 Å². The molecule has 0 saturated heterocycles. The highest BCUT2D eigenvalue weighted by Gasteiger charge is 2.16. The van der Waals surface area contributed by atoms with Gasteiger partial charge >= 0.3 is 0 Å². The summed E-state index contributed by atoms with van der Waals surface area (Å²) in [4.78, 5) is 20.4. The SMILES string of the molecule is O=C(Nc1cccnc1)c1cn[nH]c1-c1ccccn1. The van der Waals surface area contributed by atoms with Crippen LogP contribution in [-0.4, -0.2) is 26.1 Å². The van der Waals surface area contributed by atoms with Crippen molar-refractivity contribution in [3.63, 3.8) is 0 Å². The Bertz CT molecular complexity index is 709. The van der Waals surface area contributed by atoms with Gasteiger partial charge in [0.1, 0.15) is 0 Å². The molecule has 0 spiro atoms. The molecule has 2 N–H and O–H groups in total. The molecule has 0 fully saturated rings. The summed E-state index contributed by atoms with van der Waals surface area (Å²) >= 11 is 0. The zero-order valence-electron chi connectivity index (χ0n) is 10.4. The maximum atomic E-state index is 12.2. The van der Waals surface area contributed by atoms with Crippen LogP contribution in [0.15, 0.2) is 55.1 Å². The fraction of sp³-hybridized carbons (Fsp3) is 0. The number of hydrogen-bond acceptors (Lipinski definition) is 4. The molecule has 0 radical (unpaired) electrons. The monoisotopic (exact) mass is 265 g/mol. The predicted octanol–water partition coefficient (Wildman–Crippen LogP) is 2.12. The van der Waals surface area contributed by atoms with E-state index >= 15 is 0 Å². The minimum absolute atomic E-state index is 0.257. The van der Waals surface area contributed by atoms with Crippen molar-refractivity contribution in [3.8, 4) is 11.4 Å². The van der Waals surface area contributed by atoms with E-state index in [1.807, 2.05) is 18.2 Å². The fourth-order valence-electron chi connectivity index (χ4n) is 1.80. The number of H-pyrrole nitrogens is 1. The molecule has 3 aromatic heterocycles. The molecule has 0 aromatic carbocycles. The van der Waals surface area contributed by atoms with Gasteiger partial charge in [-0.25, -0.2) is 0 Å². The number of aromatic nitrogens is 4. The molecular weight excluding hydrogens is 254 g/mol. The van der Waals surface area contributed by atoms with Crippen LogP contribution in [0, 0.1) is 0 Å². The lowest BCUT2D eigenvalue weighted by Crippen LogP contribution is -2.12. The first-order chi connectivity index (χ1) is 9.84. The molecule has 98 valence electrons. The van der Waals surface area contributed by atoms with Crippen LogP contribution in [0.4, 0.5) is 5.69 Å². The van der Waals surface area contributed by atoms with Gasteiger partial charge in [0.15, 0.2) is 0 Å². The van der Waals surface area contributed by atoms with Crippen LogP contribution in [0.1, 0.15) is 10.4 Å². The normalized spacial score (nSPS) is 10.2. The molecule has 20 heavy (non-hydrogen) atoms. The Kier molecular flexibility index (Phi) is 3.20. The molecule has 0 bridgehead atoms. The van der Waals surface area contributed by atoms with Gasteiger partial charge in [0, 0.05) is 12.4 Å². The van der Waals surface area contributed by atoms with Crippen molar-refractivity contribution in [2.24, 2.45) is 0 Å². The number of rotatable bonds is 3. The molecule has 0 unspecified atom stereocenters. The quantitative estimate of drug-likeness (QED) is 0.759. The molecule has 0 aliphatic carbocycles. The number of pyridine rings is 2. The lowest BCUT2D eigenvalue weighted by molar-refractivity contribution is 0.102. The van der Waals surface area contributed by atoms with Crippen molar-refractivity contribution >= 4 is 11.6 Å². The molecule has 0 aliphatic heterocycles. The van der Waals surface area contributed by atoms with Crippen molar-refractivity contribution < 1.29 is 4.79 Å². The largest absolute Gasteiger partial charge is 0.320 e. The Morgan fingerprint density at radius 2 is 2.05 bits per heavy atom. The van der Waals surface area contributed by atoms with E-state index in [0.717, 1.165) is 0 Å². The molecule has 3 rings (SSSR count). The van der Waals surface area contributed by atoms with Crippen LogP contribution in [-0.2, 0) is 0 Å². The van der Waals surface area contributed by atoms with E-state index in [-0.39, 0.29) is 5.91 Å². The van der Waals surface area contributed by atoms with Crippen LogP contribution in [0.5, 0.6) is 0 Å². The van der Waals surface area contributed by atoms with Gasteiger partial charge < -0.3 is 5.32 Å². The van der Waals surface area contributed by atoms with Crippen molar-refractivity contribution in [1.29, 1.82) is 0 Å².